The highest BCUT2D eigenvalue weighted by molar-refractivity contribution is 5.92. The molecule has 3 rings (SSSR count). The van der Waals surface area contributed by atoms with Gasteiger partial charge in [-0.2, -0.15) is 0 Å². The minimum atomic E-state index is -0.314. The van der Waals surface area contributed by atoms with Crippen molar-refractivity contribution >= 4 is 22.9 Å². The van der Waals surface area contributed by atoms with Crippen LogP contribution in [0, 0.1) is 5.82 Å². The molecule has 0 unspecified atom stereocenters. The molecule has 0 spiro atoms. The van der Waals surface area contributed by atoms with Gasteiger partial charge < -0.3 is 15.6 Å². The van der Waals surface area contributed by atoms with Crippen molar-refractivity contribution in [3.8, 4) is 0 Å². The molecule has 0 saturated heterocycles. The third kappa shape index (κ3) is 4.21. The second-order valence-corrected chi connectivity index (χ2v) is 6.67. The van der Waals surface area contributed by atoms with Crippen LogP contribution in [0.25, 0.3) is 11.0 Å². The summed E-state index contributed by atoms with van der Waals surface area (Å²) in [5, 5.41) is 0. The summed E-state index contributed by atoms with van der Waals surface area (Å²) in [7, 11) is 0. The van der Waals surface area contributed by atoms with Crippen LogP contribution in [0.1, 0.15) is 48.7 Å². The van der Waals surface area contributed by atoms with E-state index in [0.29, 0.717) is 42.1 Å². The Kier molecular flexibility index (Phi) is 5.34. The molecule has 8 heteroatoms. The average molecular weight is 370 g/mol. The summed E-state index contributed by atoms with van der Waals surface area (Å²) in [6, 6.07) is 6.10. The summed E-state index contributed by atoms with van der Waals surface area (Å²) in [5.41, 5.74) is 8.13. The Hall–Kier alpha value is -3.03. The Morgan fingerprint density at radius 1 is 1.26 bits per heavy atom. The standard InChI is InChI=1S/C19H23FN6O/c1-4-26(18(27)16-10-14(11(2)3)24-19(21)25-16)8-7-17-22-13-6-5-12(20)9-15(13)23-17/h5-6,9-11H,4,7-8H2,1-3H3,(H,22,23)(H2,21,24,25). The maximum atomic E-state index is 13.3. The van der Waals surface area contributed by atoms with Gasteiger partial charge in [0.15, 0.2) is 0 Å². The third-order valence-electron chi connectivity index (χ3n) is 4.35. The number of nitrogen functional groups attached to an aromatic ring is 1. The average Bonchev–Trinajstić information content (AvgIpc) is 3.03. The Labute approximate surface area is 156 Å². The van der Waals surface area contributed by atoms with Crippen LogP contribution in [0.3, 0.4) is 0 Å². The number of likely N-dealkylation sites (N-methyl/N-ethyl adjacent to an activating group) is 1. The van der Waals surface area contributed by atoms with E-state index in [9.17, 15) is 9.18 Å². The van der Waals surface area contributed by atoms with E-state index in [1.54, 1.807) is 17.0 Å². The van der Waals surface area contributed by atoms with Crippen molar-refractivity contribution in [2.75, 3.05) is 18.8 Å². The van der Waals surface area contributed by atoms with Crippen molar-refractivity contribution in [1.82, 2.24) is 24.8 Å². The lowest BCUT2D eigenvalue weighted by Crippen LogP contribution is -2.33. The molecule has 2 aromatic heterocycles. The summed E-state index contributed by atoms with van der Waals surface area (Å²) in [6.45, 7) is 6.85. The number of anilines is 1. The van der Waals surface area contributed by atoms with E-state index >= 15 is 0 Å². The smallest absolute Gasteiger partial charge is 0.272 e. The molecule has 0 fully saturated rings. The Morgan fingerprint density at radius 2 is 2.04 bits per heavy atom. The van der Waals surface area contributed by atoms with Crippen LogP contribution in [0.4, 0.5) is 10.3 Å². The van der Waals surface area contributed by atoms with Crippen molar-refractivity contribution in [2.24, 2.45) is 0 Å². The minimum Gasteiger partial charge on any atom is -0.368 e. The van der Waals surface area contributed by atoms with Crippen molar-refractivity contribution < 1.29 is 9.18 Å². The fourth-order valence-corrected chi connectivity index (χ4v) is 2.85. The molecule has 0 atom stereocenters. The molecule has 0 aliphatic carbocycles. The number of hydrogen-bond donors (Lipinski definition) is 2. The molecule has 7 nitrogen and oxygen atoms in total. The van der Waals surface area contributed by atoms with Crippen molar-refractivity contribution in [1.29, 1.82) is 0 Å². The van der Waals surface area contributed by atoms with Crippen LogP contribution in [0.5, 0.6) is 0 Å². The Balaban J connectivity index is 1.75. The SMILES string of the molecule is CCN(CCc1nc2ccc(F)cc2[nH]1)C(=O)c1cc(C(C)C)nc(N)n1. The highest BCUT2D eigenvalue weighted by atomic mass is 19.1. The molecule has 2 heterocycles. The number of carbonyl (C=O) groups is 1. The van der Waals surface area contributed by atoms with Crippen LogP contribution in [0.2, 0.25) is 0 Å². The molecular formula is C19H23FN6O. The zero-order chi connectivity index (χ0) is 19.6. The lowest BCUT2D eigenvalue weighted by Gasteiger charge is -2.20. The molecule has 0 aliphatic rings. The topological polar surface area (TPSA) is 101 Å². The number of carbonyl (C=O) groups excluding carboxylic acids is 1. The molecule has 1 aromatic carbocycles. The second kappa shape index (κ2) is 7.69. The molecule has 0 saturated carbocycles. The van der Waals surface area contributed by atoms with Gasteiger partial charge in [0, 0.05) is 25.2 Å². The lowest BCUT2D eigenvalue weighted by atomic mass is 10.1. The molecule has 0 aliphatic heterocycles. The van der Waals surface area contributed by atoms with E-state index in [2.05, 4.69) is 19.9 Å². The molecule has 27 heavy (non-hydrogen) atoms. The highest BCUT2D eigenvalue weighted by Crippen LogP contribution is 2.16. The fourth-order valence-electron chi connectivity index (χ4n) is 2.85. The second-order valence-electron chi connectivity index (χ2n) is 6.67. The van der Waals surface area contributed by atoms with Crippen LogP contribution < -0.4 is 5.73 Å². The van der Waals surface area contributed by atoms with Crippen molar-refractivity contribution in [3.63, 3.8) is 0 Å². The molecule has 1 amide bonds. The number of aromatic amines is 1. The van der Waals surface area contributed by atoms with Gasteiger partial charge in [-0.3, -0.25) is 4.79 Å². The fraction of sp³-hybridized carbons (Fsp3) is 0.368. The number of nitrogens with one attached hydrogen (secondary N) is 1. The maximum Gasteiger partial charge on any atom is 0.272 e. The number of aromatic nitrogens is 4. The summed E-state index contributed by atoms with van der Waals surface area (Å²) >= 11 is 0. The normalized spacial score (nSPS) is 11.3. The first-order valence-corrected chi connectivity index (χ1v) is 8.95. The van der Waals surface area contributed by atoms with Gasteiger partial charge >= 0.3 is 0 Å². The number of halogens is 1. The van der Waals surface area contributed by atoms with Gasteiger partial charge in [0.05, 0.1) is 11.0 Å². The minimum absolute atomic E-state index is 0.0971. The number of H-pyrrole nitrogens is 1. The van der Waals surface area contributed by atoms with Crippen LogP contribution in [-0.2, 0) is 6.42 Å². The van der Waals surface area contributed by atoms with Crippen molar-refractivity contribution in [3.05, 3.63) is 47.3 Å². The van der Waals surface area contributed by atoms with Gasteiger partial charge in [-0.25, -0.2) is 19.3 Å². The van der Waals surface area contributed by atoms with Gasteiger partial charge in [-0.05, 0) is 37.1 Å². The molecular weight excluding hydrogens is 347 g/mol. The first-order chi connectivity index (χ1) is 12.9. The summed E-state index contributed by atoms with van der Waals surface area (Å²) in [4.78, 5) is 30.3. The predicted octanol–water partition coefficient (Wildman–Crippen LogP) is 2.90. The van der Waals surface area contributed by atoms with E-state index in [-0.39, 0.29) is 23.6 Å². The van der Waals surface area contributed by atoms with Gasteiger partial charge in [-0.1, -0.05) is 13.8 Å². The maximum absolute atomic E-state index is 13.3. The molecule has 0 bridgehead atoms. The first kappa shape index (κ1) is 18.8. The van der Waals surface area contributed by atoms with Gasteiger partial charge in [0.25, 0.3) is 5.91 Å². The Morgan fingerprint density at radius 3 is 2.74 bits per heavy atom. The summed E-state index contributed by atoms with van der Waals surface area (Å²) < 4.78 is 13.3. The predicted molar refractivity (Wildman–Crippen MR) is 102 cm³/mol. The zero-order valence-electron chi connectivity index (χ0n) is 15.7. The summed E-state index contributed by atoms with van der Waals surface area (Å²) in [6.07, 6.45) is 0.521. The number of imidazole rings is 1. The van der Waals surface area contributed by atoms with Gasteiger partial charge in [0.2, 0.25) is 5.95 Å². The number of hydrogen-bond acceptors (Lipinski definition) is 5. The number of rotatable bonds is 6. The van der Waals surface area contributed by atoms with E-state index < -0.39 is 0 Å². The van der Waals surface area contributed by atoms with Gasteiger partial charge in [0.1, 0.15) is 17.3 Å². The quantitative estimate of drug-likeness (QED) is 0.695. The number of nitrogens with two attached hydrogens (primary N) is 1. The van der Waals surface area contributed by atoms with Crippen molar-refractivity contribution in [2.45, 2.75) is 33.1 Å². The van der Waals surface area contributed by atoms with E-state index in [0.717, 1.165) is 5.69 Å². The molecule has 0 radical (unpaired) electrons. The number of benzene rings is 1. The van der Waals surface area contributed by atoms with Crippen LogP contribution in [0.15, 0.2) is 24.3 Å². The molecule has 3 aromatic rings. The lowest BCUT2D eigenvalue weighted by molar-refractivity contribution is 0.0759. The number of amides is 1. The number of fused-ring (bicyclic) bond motifs is 1. The molecule has 3 N–H and O–H groups in total. The summed E-state index contributed by atoms with van der Waals surface area (Å²) in [5.74, 6) is 0.431. The first-order valence-electron chi connectivity index (χ1n) is 8.95. The van der Waals surface area contributed by atoms with Crippen LogP contribution in [-0.4, -0.2) is 43.8 Å². The van der Waals surface area contributed by atoms with Crippen LogP contribution >= 0.6 is 0 Å². The van der Waals surface area contributed by atoms with E-state index in [1.165, 1.54) is 12.1 Å². The monoisotopic (exact) mass is 370 g/mol. The third-order valence-corrected chi connectivity index (χ3v) is 4.35. The molecule has 142 valence electrons. The van der Waals surface area contributed by atoms with E-state index in [1.807, 2.05) is 20.8 Å². The zero-order valence-corrected chi connectivity index (χ0v) is 15.7. The number of nitrogens with zero attached hydrogens (tertiary/aromatic N) is 4. The van der Waals surface area contributed by atoms with E-state index in [4.69, 9.17) is 5.73 Å². The van der Waals surface area contributed by atoms with Gasteiger partial charge in [-0.15, -0.1) is 0 Å². The Bertz CT molecular complexity index is 968. The highest BCUT2D eigenvalue weighted by Gasteiger charge is 2.19. The largest absolute Gasteiger partial charge is 0.368 e.